The molecule has 2 aromatic rings. The van der Waals surface area contributed by atoms with E-state index >= 15 is 0 Å². The summed E-state index contributed by atoms with van der Waals surface area (Å²) in [5.41, 5.74) is 4.04. The van der Waals surface area contributed by atoms with E-state index in [9.17, 15) is 0 Å². The first-order valence-electron chi connectivity index (χ1n) is 7.37. The number of para-hydroxylation sites is 2. The molecule has 106 valence electrons. The van der Waals surface area contributed by atoms with Crippen LogP contribution in [-0.2, 0) is 12.8 Å². The summed E-state index contributed by atoms with van der Waals surface area (Å²) in [5.74, 6) is 0.925. The second-order valence-electron chi connectivity index (χ2n) is 4.75. The van der Waals surface area contributed by atoms with Crippen LogP contribution in [0.5, 0.6) is 5.75 Å². The highest BCUT2D eigenvalue weighted by atomic mass is 16.5. The summed E-state index contributed by atoms with van der Waals surface area (Å²) in [7, 11) is 0. The monoisotopic (exact) mass is 269 g/mol. The Hall–Kier alpha value is -1.96. The Labute approximate surface area is 121 Å². The molecule has 0 aliphatic heterocycles. The van der Waals surface area contributed by atoms with Gasteiger partial charge in [0.05, 0.1) is 0 Å². The molecule has 2 rings (SSSR count). The van der Waals surface area contributed by atoms with Crippen LogP contribution in [-0.4, -0.2) is 13.2 Å². The van der Waals surface area contributed by atoms with Gasteiger partial charge in [-0.05, 0) is 36.1 Å². The second-order valence-corrected chi connectivity index (χ2v) is 4.75. The van der Waals surface area contributed by atoms with Gasteiger partial charge in [-0.25, -0.2) is 0 Å². The molecular formula is C18H23NO. The van der Waals surface area contributed by atoms with Crippen LogP contribution in [0, 0.1) is 0 Å². The fourth-order valence-corrected chi connectivity index (χ4v) is 2.33. The summed E-state index contributed by atoms with van der Waals surface area (Å²) in [6.45, 7) is 5.88. The summed E-state index contributed by atoms with van der Waals surface area (Å²) in [5, 5.41) is 3.53. The number of benzene rings is 2. The van der Waals surface area contributed by atoms with Crippen molar-refractivity contribution in [3.05, 3.63) is 59.7 Å². The molecule has 0 aliphatic rings. The third kappa shape index (κ3) is 3.77. The van der Waals surface area contributed by atoms with Crippen LogP contribution in [0.15, 0.2) is 48.5 Å². The molecule has 2 heteroatoms. The SMILES string of the molecule is CCc1cccc(CC)c1NCCOc1ccccc1. The lowest BCUT2D eigenvalue weighted by Gasteiger charge is -2.15. The summed E-state index contributed by atoms with van der Waals surface area (Å²) in [6.07, 6.45) is 2.10. The molecule has 0 saturated heterocycles. The molecule has 20 heavy (non-hydrogen) atoms. The van der Waals surface area contributed by atoms with E-state index in [0.29, 0.717) is 6.61 Å². The molecule has 0 spiro atoms. The maximum absolute atomic E-state index is 5.71. The van der Waals surface area contributed by atoms with E-state index < -0.39 is 0 Å². The van der Waals surface area contributed by atoms with E-state index in [-0.39, 0.29) is 0 Å². The van der Waals surface area contributed by atoms with Crippen LogP contribution in [0.1, 0.15) is 25.0 Å². The van der Waals surface area contributed by atoms with Gasteiger partial charge in [-0.2, -0.15) is 0 Å². The number of hydrogen-bond donors (Lipinski definition) is 1. The number of ether oxygens (including phenoxy) is 1. The average molecular weight is 269 g/mol. The van der Waals surface area contributed by atoms with Crippen LogP contribution in [0.3, 0.4) is 0 Å². The lowest BCUT2D eigenvalue weighted by molar-refractivity contribution is 0.333. The normalized spacial score (nSPS) is 10.3. The van der Waals surface area contributed by atoms with Crippen molar-refractivity contribution in [2.45, 2.75) is 26.7 Å². The minimum atomic E-state index is 0.672. The first kappa shape index (κ1) is 14.4. The number of nitrogens with one attached hydrogen (secondary N) is 1. The molecule has 0 amide bonds. The van der Waals surface area contributed by atoms with E-state index in [2.05, 4.69) is 37.4 Å². The zero-order valence-corrected chi connectivity index (χ0v) is 12.4. The minimum absolute atomic E-state index is 0.672. The second kappa shape index (κ2) is 7.59. The predicted octanol–water partition coefficient (Wildman–Crippen LogP) is 4.30. The first-order chi connectivity index (χ1) is 9.85. The van der Waals surface area contributed by atoms with E-state index in [4.69, 9.17) is 4.74 Å². The summed E-state index contributed by atoms with van der Waals surface area (Å²) < 4.78 is 5.71. The molecule has 0 unspecified atom stereocenters. The number of aryl methyl sites for hydroxylation is 2. The molecule has 0 bridgehead atoms. The largest absolute Gasteiger partial charge is 0.492 e. The van der Waals surface area contributed by atoms with Crippen molar-refractivity contribution >= 4 is 5.69 Å². The predicted molar refractivity (Wildman–Crippen MR) is 85.6 cm³/mol. The van der Waals surface area contributed by atoms with Gasteiger partial charge in [-0.15, -0.1) is 0 Å². The van der Waals surface area contributed by atoms with Crippen LogP contribution in [0.2, 0.25) is 0 Å². The Morgan fingerprint density at radius 1 is 0.850 bits per heavy atom. The minimum Gasteiger partial charge on any atom is -0.492 e. The van der Waals surface area contributed by atoms with Crippen LogP contribution in [0.4, 0.5) is 5.69 Å². The Morgan fingerprint density at radius 3 is 2.10 bits per heavy atom. The highest BCUT2D eigenvalue weighted by Gasteiger charge is 2.05. The van der Waals surface area contributed by atoms with E-state index in [1.165, 1.54) is 16.8 Å². The van der Waals surface area contributed by atoms with Gasteiger partial charge in [0, 0.05) is 12.2 Å². The van der Waals surface area contributed by atoms with Gasteiger partial charge in [-0.3, -0.25) is 0 Å². The van der Waals surface area contributed by atoms with Crippen molar-refractivity contribution in [1.29, 1.82) is 0 Å². The van der Waals surface area contributed by atoms with Crippen LogP contribution in [0.25, 0.3) is 0 Å². The van der Waals surface area contributed by atoms with E-state index in [0.717, 1.165) is 25.1 Å². The average Bonchev–Trinajstić information content (AvgIpc) is 2.52. The molecule has 0 radical (unpaired) electrons. The Morgan fingerprint density at radius 2 is 1.50 bits per heavy atom. The van der Waals surface area contributed by atoms with Gasteiger partial charge >= 0.3 is 0 Å². The van der Waals surface area contributed by atoms with Crippen molar-refractivity contribution in [3.63, 3.8) is 0 Å². The zero-order chi connectivity index (χ0) is 14.2. The van der Waals surface area contributed by atoms with Crippen molar-refractivity contribution in [3.8, 4) is 5.75 Å². The van der Waals surface area contributed by atoms with Gasteiger partial charge in [0.1, 0.15) is 12.4 Å². The lowest BCUT2D eigenvalue weighted by Crippen LogP contribution is -2.13. The molecule has 0 heterocycles. The summed E-state index contributed by atoms with van der Waals surface area (Å²) in [4.78, 5) is 0. The molecule has 0 aromatic heterocycles. The molecule has 0 fully saturated rings. The van der Waals surface area contributed by atoms with E-state index in [1.807, 2.05) is 30.3 Å². The number of rotatable bonds is 7. The molecule has 0 saturated carbocycles. The third-order valence-electron chi connectivity index (χ3n) is 3.41. The van der Waals surface area contributed by atoms with Gasteiger partial charge in [0.15, 0.2) is 0 Å². The highest BCUT2D eigenvalue weighted by Crippen LogP contribution is 2.22. The number of anilines is 1. The smallest absolute Gasteiger partial charge is 0.119 e. The molecule has 2 nitrogen and oxygen atoms in total. The van der Waals surface area contributed by atoms with Crippen LogP contribution < -0.4 is 10.1 Å². The standard InChI is InChI=1S/C18H23NO/c1-3-15-9-8-10-16(4-2)18(15)19-13-14-20-17-11-6-5-7-12-17/h5-12,19H,3-4,13-14H2,1-2H3. The maximum Gasteiger partial charge on any atom is 0.119 e. The van der Waals surface area contributed by atoms with Crippen molar-refractivity contribution in [2.75, 3.05) is 18.5 Å². The van der Waals surface area contributed by atoms with Crippen molar-refractivity contribution in [2.24, 2.45) is 0 Å². The third-order valence-corrected chi connectivity index (χ3v) is 3.41. The quantitative estimate of drug-likeness (QED) is 0.757. The van der Waals surface area contributed by atoms with Gasteiger partial charge < -0.3 is 10.1 Å². The summed E-state index contributed by atoms with van der Waals surface area (Å²) >= 11 is 0. The Bertz CT molecular complexity index is 500. The van der Waals surface area contributed by atoms with Gasteiger partial charge in [0.2, 0.25) is 0 Å². The molecule has 0 aliphatic carbocycles. The van der Waals surface area contributed by atoms with Crippen molar-refractivity contribution in [1.82, 2.24) is 0 Å². The summed E-state index contributed by atoms with van der Waals surface area (Å²) in [6, 6.07) is 16.5. The van der Waals surface area contributed by atoms with Crippen LogP contribution >= 0.6 is 0 Å². The maximum atomic E-state index is 5.71. The fraction of sp³-hybridized carbons (Fsp3) is 0.333. The zero-order valence-electron chi connectivity index (χ0n) is 12.4. The lowest BCUT2D eigenvalue weighted by atomic mass is 10.0. The van der Waals surface area contributed by atoms with Crippen molar-refractivity contribution < 1.29 is 4.74 Å². The molecule has 1 N–H and O–H groups in total. The molecule has 0 atom stereocenters. The first-order valence-corrected chi connectivity index (χ1v) is 7.37. The Kier molecular flexibility index (Phi) is 5.48. The molecule has 2 aromatic carbocycles. The van der Waals surface area contributed by atoms with E-state index in [1.54, 1.807) is 0 Å². The van der Waals surface area contributed by atoms with Gasteiger partial charge in [0.25, 0.3) is 0 Å². The number of hydrogen-bond acceptors (Lipinski definition) is 2. The topological polar surface area (TPSA) is 21.3 Å². The van der Waals surface area contributed by atoms with Gasteiger partial charge in [-0.1, -0.05) is 50.2 Å². The fourth-order valence-electron chi connectivity index (χ4n) is 2.33. The highest BCUT2D eigenvalue weighted by molar-refractivity contribution is 5.57. The Balaban J connectivity index is 1.90. The molecular weight excluding hydrogens is 246 g/mol.